The molecule has 2 heterocycles. The summed E-state index contributed by atoms with van der Waals surface area (Å²) in [6, 6.07) is 13.7. The lowest BCUT2D eigenvalue weighted by Gasteiger charge is -2.07. The van der Waals surface area contributed by atoms with Crippen LogP contribution in [0.5, 0.6) is 0 Å². The van der Waals surface area contributed by atoms with Crippen molar-refractivity contribution in [2.75, 3.05) is 5.32 Å². The molecule has 0 saturated heterocycles. The number of anilines is 1. The van der Waals surface area contributed by atoms with Crippen LogP contribution in [-0.2, 0) is 6.54 Å². The van der Waals surface area contributed by atoms with Crippen molar-refractivity contribution in [2.24, 2.45) is 0 Å². The van der Waals surface area contributed by atoms with E-state index in [1.807, 2.05) is 0 Å². The average molecular weight is 331 g/mol. The zero-order valence-electron chi connectivity index (χ0n) is 11.0. The van der Waals surface area contributed by atoms with E-state index < -0.39 is 0 Å². The summed E-state index contributed by atoms with van der Waals surface area (Å²) in [5.74, 6) is 0. The monoisotopic (exact) mass is 330 g/mol. The lowest BCUT2D eigenvalue weighted by Crippen LogP contribution is -1.98. The molecule has 3 rings (SSSR count). The summed E-state index contributed by atoms with van der Waals surface area (Å²) in [5, 5.41) is 17.1. The maximum atomic E-state index is 8.93. The molecule has 1 aromatic carbocycles. The summed E-state index contributed by atoms with van der Waals surface area (Å²) in [6.45, 7) is 0.699. The molecule has 0 unspecified atom stereocenters. The Labute approximate surface area is 136 Å². The van der Waals surface area contributed by atoms with Gasteiger partial charge in [0.15, 0.2) is 0 Å². The van der Waals surface area contributed by atoms with E-state index in [0.29, 0.717) is 17.1 Å². The van der Waals surface area contributed by atoms with E-state index in [1.54, 1.807) is 40.9 Å². The minimum Gasteiger partial charge on any atom is -0.379 e. The van der Waals surface area contributed by atoms with Crippen LogP contribution in [0.15, 0.2) is 47.2 Å². The molecule has 0 aliphatic carbocycles. The Morgan fingerprint density at radius 3 is 2.86 bits per heavy atom. The van der Waals surface area contributed by atoms with Crippen molar-refractivity contribution in [3.63, 3.8) is 0 Å². The van der Waals surface area contributed by atoms with Crippen LogP contribution in [0.1, 0.15) is 10.4 Å². The number of nitrogens with zero attached hydrogens (tertiary/aromatic N) is 1. The van der Waals surface area contributed by atoms with Gasteiger partial charge in [-0.15, -0.1) is 22.7 Å². The summed E-state index contributed by atoms with van der Waals surface area (Å²) in [6.07, 6.45) is 0. The van der Waals surface area contributed by atoms with E-state index in [4.69, 9.17) is 16.9 Å². The van der Waals surface area contributed by atoms with Crippen molar-refractivity contribution in [3.05, 3.63) is 62.6 Å². The smallest absolute Gasteiger partial charge is 0.0992 e. The van der Waals surface area contributed by atoms with Gasteiger partial charge in [-0.3, -0.25) is 0 Å². The molecule has 0 aliphatic rings. The molecule has 5 heteroatoms. The normalized spacial score (nSPS) is 10.3. The number of halogens is 1. The van der Waals surface area contributed by atoms with Crippen molar-refractivity contribution in [1.29, 1.82) is 5.26 Å². The van der Waals surface area contributed by atoms with E-state index in [0.717, 1.165) is 5.69 Å². The lowest BCUT2D eigenvalue weighted by molar-refractivity contribution is 1.19. The second-order valence-corrected chi connectivity index (χ2v) is 6.79. The van der Waals surface area contributed by atoms with Crippen LogP contribution < -0.4 is 5.32 Å². The van der Waals surface area contributed by atoms with Crippen LogP contribution >= 0.6 is 34.3 Å². The number of rotatable bonds is 4. The van der Waals surface area contributed by atoms with Gasteiger partial charge < -0.3 is 5.32 Å². The maximum absolute atomic E-state index is 8.93. The van der Waals surface area contributed by atoms with Crippen molar-refractivity contribution in [1.82, 2.24) is 0 Å². The third-order valence-electron chi connectivity index (χ3n) is 3.01. The zero-order valence-corrected chi connectivity index (χ0v) is 13.4. The molecule has 0 fully saturated rings. The quantitative estimate of drug-likeness (QED) is 0.674. The summed E-state index contributed by atoms with van der Waals surface area (Å²) >= 11 is 9.60. The minimum absolute atomic E-state index is 0.604. The molecule has 2 nitrogen and oxygen atoms in total. The van der Waals surface area contributed by atoms with Gasteiger partial charge in [0, 0.05) is 21.9 Å². The fourth-order valence-corrected chi connectivity index (χ4v) is 3.76. The molecule has 3 aromatic rings. The average Bonchev–Trinajstić information content (AvgIpc) is 3.17. The lowest BCUT2D eigenvalue weighted by atomic mass is 10.2. The third-order valence-corrected chi connectivity index (χ3v) is 5.19. The van der Waals surface area contributed by atoms with E-state index in [2.05, 4.69) is 40.3 Å². The second-order valence-electron chi connectivity index (χ2n) is 4.44. The van der Waals surface area contributed by atoms with E-state index >= 15 is 0 Å². The highest BCUT2D eigenvalue weighted by atomic mass is 35.5. The summed E-state index contributed by atoms with van der Waals surface area (Å²) in [4.78, 5) is 2.51. The molecule has 2 aromatic heterocycles. The predicted octanol–water partition coefficient (Wildman–Crippen LogP) is 5.61. The van der Waals surface area contributed by atoms with Gasteiger partial charge in [0.1, 0.15) is 0 Å². The number of hydrogen-bond donors (Lipinski definition) is 1. The van der Waals surface area contributed by atoms with Gasteiger partial charge in [-0.25, -0.2) is 0 Å². The van der Waals surface area contributed by atoms with Gasteiger partial charge >= 0.3 is 0 Å². The van der Waals surface area contributed by atoms with Gasteiger partial charge in [-0.05, 0) is 41.1 Å². The van der Waals surface area contributed by atoms with Crippen LogP contribution in [0.3, 0.4) is 0 Å². The number of nitriles is 1. The largest absolute Gasteiger partial charge is 0.379 e. The molecule has 1 N–H and O–H groups in total. The molecule has 0 saturated carbocycles. The Kier molecular flexibility index (Phi) is 4.26. The second kappa shape index (κ2) is 6.31. The van der Waals surface area contributed by atoms with Gasteiger partial charge in [-0.1, -0.05) is 17.7 Å². The molecular weight excluding hydrogens is 320 g/mol. The van der Waals surface area contributed by atoms with E-state index in [9.17, 15) is 0 Å². The Hall–Kier alpha value is -1.80. The van der Waals surface area contributed by atoms with Crippen LogP contribution in [0, 0.1) is 11.3 Å². The van der Waals surface area contributed by atoms with Gasteiger partial charge in [0.05, 0.1) is 22.3 Å². The SMILES string of the molecule is N#Cc1ccc(Cl)c(NCc2cc(-c3cccs3)cs2)c1. The highest BCUT2D eigenvalue weighted by molar-refractivity contribution is 7.14. The number of nitrogens with one attached hydrogen (secondary N) is 1. The summed E-state index contributed by atoms with van der Waals surface area (Å²) in [5.41, 5.74) is 2.65. The molecule has 0 atom stereocenters. The molecular formula is C16H11ClN2S2. The molecule has 21 heavy (non-hydrogen) atoms. The number of hydrogen-bond acceptors (Lipinski definition) is 4. The van der Waals surface area contributed by atoms with Gasteiger partial charge in [-0.2, -0.15) is 5.26 Å². The zero-order chi connectivity index (χ0) is 14.7. The van der Waals surface area contributed by atoms with E-state index in [1.165, 1.54) is 15.3 Å². The third kappa shape index (κ3) is 3.27. The molecule has 0 spiro atoms. The molecule has 0 radical (unpaired) electrons. The molecule has 0 bridgehead atoms. The Morgan fingerprint density at radius 2 is 2.10 bits per heavy atom. The fraction of sp³-hybridized carbons (Fsp3) is 0.0625. The van der Waals surface area contributed by atoms with Crippen LogP contribution in [-0.4, -0.2) is 0 Å². The molecule has 0 amide bonds. The first-order chi connectivity index (χ1) is 10.3. The summed E-state index contributed by atoms with van der Waals surface area (Å²) < 4.78 is 0. The highest BCUT2D eigenvalue weighted by Crippen LogP contribution is 2.30. The van der Waals surface area contributed by atoms with Crippen molar-refractivity contribution < 1.29 is 0 Å². The Morgan fingerprint density at radius 1 is 1.19 bits per heavy atom. The number of thiophene rings is 2. The minimum atomic E-state index is 0.604. The van der Waals surface area contributed by atoms with Crippen LogP contribution in [0.4, 0.5) is 5.69 Å². The summed E-state index contributed by atoms with van der Waals surface area (Å²) in [7, 11) is 0. The first kappa shape index (κ1) is 14.2. The first-order valence-electron chi connectivity index (χ1n) is 6.31. The van der Waals surface area contributed by atoms with Crippen LogP contribution in [0.2, 0.25) is 5.02 Å². The maximum Gasteiger partial charge on any atom is 0.0992 e. The van der Waals surface area contributed by atoms with Crippen molar-refractivity contribution in [3.8, 4) is 16.5 Å². The topological polar surface area (TPSA) is 35.8 Å². The van der Waals surface area contributed by atoms with Gasteiger partial charge in [0.25, 0.3) is 0 Å². The first-order valence-corrected chi connectivity index (χ1v) is 8.45. The standard InChI is InChI=1S/C16H11ClN2S2/c17-14-4-3-11(8-18)6-15(14)19-9-13-7-12(10-21-13)16-2-1-5-20-16/h1-7,10,19H,9H2. The Bertz CT molecular complexity index is 785. The molecule has 0 aliphatic heterocycles. The van der Waals surface area contributed by atoms with Gasteiger partial charge in [0.2, 0.25) is 0 Å². The predicted molar refractivity (Wildman–Crippen MR) is 91.1 cm³/mol. The van der Waals surface area contributed by atoms with Crippen LogP contribution in [0.25, 0.3) is 10.4 Å². The Balaban J connectivity index is 1.72. The van der Waals surface area contributed by atoms with Crippen molar-refractivity contribution in [2.45, 2.75) is 6.54 Å². The molecule has 104 valence electrons. The van der Waals surface area contributed by atoms with E-state index in [-0.39, 0.29) is 0 Å². The highest BCUT2D eigenvalue weighted by Gasteiger charge is 2.05. The van der Waals surface area contributed by atoms with Crippen molar-refractivity contribution >= 4 is 40.0 Å². The fourth-order valence-electron chi connectivity index (χ4n) is 1.96. The number of benzene rings is 1.